The number of aromatic amines is 1. The van der Waals surface area contributed by atoms with Crippen molar-refractivity contribution >= 4 is 21.4 Å². The molecule has 3 N–H and O–H groups in total. The van der Waals surface area contributed by atoms with Crippen LogP contribution in [0.2, 0.25) is 0 Å². The lowest BCUT2D eigenvalue weighted by Gasteiger charge is -2.04. The van der Waals surface area contributed by atoms with Gasteiger partial charge in [-0.15, -0.1) is 11.3 Å². The summed E-state index contributed by atoms with van der Waals surface area (Å²) in [6, 6.07) is 1.96. The molecule has 0 saturated carbocycles. The second-order valence-electron chi connectivity index (χ2n) is 4.57. The lowest BCUT2D eigenvalue weighted by atomic mass is 10.3. The molecule has 0 saturated heterocycles. The SMILES string of the molecule is Cc1cc(CNS(=O)(=O)c2n[nH]c(C)c2CO)sc1C. The average Bonchev–Trinajstić information content (AvgIpc) is 2.91. The van der Waals surface area contributed by atoms with Crippen LogP contribution in [0.5, 0.6) is 0 Å². The molecule has 0 aliphatic rings. The highest BCUT2D eigenvalue weighted by Gasteiger charge is 2.23. The molecule has 0 spiro atoms. The summed E-state index contributed by atoms with van der Waals surface area (Å²) in [6.07, 6.45) is 0. The van der Waals surface area contributed by atoms with E-state index in [1.54, 1.807) is 18.3 Å². The van der Waals surface area contributed by atoms with Crippen molar-refractivity contribution < 1.29 is 13.5 Å². The summed E-state index contributed by atoms with van der Waals surface area (Å²) in [5.41, 5.74) is 2.00. The minimum atomic E-state index is -3.73. The van der Waals surface area contributed by atoms with Crippen molar-refractivity contribution in [1.29, 1.82) is 0 Å². The van der Waals surface area contributed by atoms with Crippen LogP contribution in [0.1, 0.15) is 26.6 Å². The van der Waals surface area contributed by atoms with Gasteiger partial charge in [-0.3, -0.25) is 5.10 Å². The van der Waals surface area contributed by atoms with Gasteiger partial charge in [0.1, 0.15) is 0 Å². The molecule has 0 aliphatic carbocycles. The maximum absolute atomic E-state index is 12.2. The molecule has 0 amide bonds. The Morgan fingerprint density at radius 2 is 2.10 bits per heavy atom. The van der Waals surface area contributed by atoms with Gasteiger partial charge in [0.2, 0.25) is 0 Å². The number of rotatable bonds is 5. The van der Waals surface area contributed by atoms with Gasteiger partial charge < -0.3 is 5.11 Å². The van der Waals surface area contributed by atoms with E-state index in [1.165, 1.54) is 4.88 Å². The minimum Gasteiger partial charge on any atom is -0.392 e. The molecule has 0 unspecified atom stereocenters. The Morgan fingerprint density at radius 1 is 1.40 bits per heavy atom. The van der Waals surface area contributed by atoms with Crippen molar-refractivity contribution in [2.75, 3.05) is 0 Å². The number of thiophene rings is 1. The Bertz CT molecular complexity index is 697. The quantitative estimate of drug-likeness (QED) is 0.776. The lowest BCUT2D eigenvalue weighted by Crippen LogP contribution is -2.24. The van der Waals surface area contributed by atoms with Crippen LogP contribution < -0.4 is 4.72 Å². The third-order valence-corrected chi connectivity index (χ3v) is 5.63. The molecule has 0 bridgehead atoms. The Labute approximate surface area is 121 Å². The highest BCUT2D eigenvalue weighted by atomic mass is 32.2. The molecular formula is C12H17N3O3S2. The molecule has 0 aromatic carbocycles. The normalized spacial score (nSPS) is 12.0. The molecule has 8 heteroatoms. The molecule has 0 radical (unpaired) electrons. The molecule has 2 heterocycles. The van der Waals surface area contributed by atoms with Crippen LogP contribution in [-0.4, -0.2) is 23.7 Å². The zero-order valence-electron chi connectivity index (χ0n) is 11.5. The lowest BCUT2D eigenvalue weighted by molar-refractivity contribution is 0.277. The molecule has 6 nitrogen and oxygen atoms in total. The van der Waals surface area contributed by atoms with Gasteiger partial charge in [0.05, 0.1) is 6.61 Å². The van der Waals surface area contributed by atoms with Crippen LogP contribution in [-0.2, 0) is 23.2 Å². The molecular weight excluding hydrogens is 298 g/mol. The van der Waals surface area contributed by atoms with Gasteiger partial charge in [-0.1, -0.05) is 0 Å². The fourth-order valence-corrected chi connectivity index (χ4v) is 4.08. The summed E-state index contributed by atoms with van der Waals surface area (Å²) >= 11 is 1.56. The van der Waals surface area contributed by atoms with Gasteiger partial charge in [-0.25, -0.2) is 13.1 Å². The zero-order valence-corrected chi connectivity index (χ0v) is 13.2. The van der Waals surface area contributed by atoms with Crippen molar-refractivity contribution in [3.63, 3.8) is 0 Å². The highest BCUT2D eigenvalue weighted by Crippen LogP contribution is 2.21. The van der Waals surface area contributed by atoms with Crippen LogP contribution in [0.4, 0.5) is 0 Å². The number of nitrogens with zero attached hydrogens (tertiary/aromatic N) is 1. The fourth-order valence-electron chi connectivity index (χ4n) is 1.81. The molecule has 0 aliphatic heterocycles. The van der Waals surface area contributed by atoms with Crippen molar-refractivity contribution in [2.45, 2.75) is 38.9 Å². The predicted molar refractivity (Wildman–Crippen MR) is 77.1 cm³/mol. The maximum Gasteiger partial charge on any atom is 0.260 e. The van der Waals surface area contributed by atoms with E-state index < -0.39 is 10.0 Å². The number of H-pyrrole nitrogens is 1. The molecule has 0 atom stereocenters. The first kappa shape index (κ1) is 15.2. The first-order valence-corrected chi connectivity index (χ1v) is 8.35. The summed E-state index contributed by atoms with van der Waals surface area (Å²) in [5, 5.41) is 15.4. The second kappa shape index (κ2) is 5.65. The maximum atomic E-state index is 12.2. The molecule has 110 valence electrons. The molecule has 20 heavy (non-hydrogen) atoms. The van der Waals surface area contributed by atoms with Crippen LogP contribution in [0.15, 0.2) is 11.1 Å². The molecule has 0 fully saturated rings. The van der Waals surface area contributed by atoms with Gasteiger partial charge in [-0.05, 0) is 32.4 Å². The van der Waals surface area contributed by atoms with Crippen molar-refractivity contribution in [1.82, 2.24) is 14.9 Å². The number of aliphatic hydroxyl groups is 1. The van der Waals surface area contributed by atoms with Crippen molar-refractivity contribution in [2.24, 2.45) is 0 Å². The minimum absolute atomic E-state index is 0.137. The smallest absolute Gasteiger partial charge is 0.260 e. The van der Waals surface area contributed by atoms with E-state index in [0.29, 0.717) is 11.3 Å². The van der Waals surface area contributed by atoms with Gasteiger partial charge in [0.15, 0.2) is 5.03 Å². The van der Waals surface area contributed by atoms with Crippen LogP contribution >= 0.6 is 11.3 Å². The predicted octanol–water partition coefficient (Wildman–Crippen LogP) is 1.37. The first-order chi connectivity index (χ1) is 9.35. The zero-order chi connectivity index (χ0) is 14.9. The third-order valence-electron chi connectivity index (χ3n) is 3.10. The van der Waals surface area contributed by atoms with Gasteiger partial charge in [0.25, 0.3) is 10.0 Å². The summed E-state index contributed by atoms with van der Waals surface area (Å²) in [4.78, 5) is 2.12. The fraction of sp³-hybridized carbons (Fsp3) is 0.417. The van der Waals surface area contributed by atoms with E-state index in [2.05, 4.69) is 14.9 Å². The summed E-state index contributed by atoms with van der Waals surface area (Å²) in [5.74, 6) is 0. The van der Waals surface area contributed by atoms with E-state index in [0.717, 1.165) is 10.4 Å². The van der Waals surface area contributed by atoms with Gasteiger partial charge in [0, 0.05) is 27.6 Å². The standard InChI is InChI=1S/C12H17N3O3S2/c1-7-4-10(19-9(7)3)5-13-20(17,18)12-11(6-16)8(2)14-15-12/h4,13,16H,5-6H2,1-3H3,(H,14,15). The highest BCUT2D eigenvalue weighted by molar-refractivity contribution is 7.89. The first-order valence-electron chi connectivity index (χ1n) is 6.05. The Kier molecular flexibility index (Phi) is 4.28. The van der Waals surface area contributed by atoms with Crippen LogP contribution in [0, 0.1) is 20.8 Å². The number of hydrogen-bond acceptors (Lipinski definition) is 5. The van der Waals surface area contributed by atoms with E-state index in [9.17, 15) is 13.5 Å². The number of hydrogen-bond donors (Lipinski definition) is 3. The number of aliphatic hydroxyl groups excluding tert-OH is 1. The largest absolute Gasteiger partial charge is 0.392 e. The van der Waals surface area contributed by atoms with Crippen molar-refractivity contribution in [3.05, 3.63) is 32.6 Å². The average molecular weight is 315 g/mol. The third kappa shape index (κ3) is 2.93. The van der Waals surface area contributed by atoms with Gasteiger partial charge in [-0.2, -0.15) is 5.10 Å². The number of sulfonamides is 1. The number of aryl methyl sites for hydroxylation is 3. The molecule has 2 aromatic rings. The van der Waals surface area contributed by atoms with Gasteiger partial charge >= 0.3 is 0 Å². The topological polar surface area (TPSA) is 95.1 Å². The summed E-state index contributed by atoms with van der Waals surface area (Å²) < 4.78 is 26.9. The molecule has 2 rings (SSSR count). The monoisotopic (exact) mass is 315 g/mol. The van der Waals surface area contributed by atoms with E-state index in [-0.39, 0.29) is 18.2 Å². The summed E-state index contributed by atoms with van der Waals surface area (Å²) in [6.45, 7) is 5.52. The second-order valence-corrected chi connectivity index (χ2v) is 7.59. The summed E-state index contributed by atoms with van der Waals surface area (Å²) in [7, 11) is -3.73. The number of aromatic nitrogens is 2. The Morgan fingerprint density at radius 3 is 2.65 bits per heavy atom. The Hall–Kier alpha value is -1.22. The molecule has 2 aromatic heterocycles. The van der Waals surface area contributed by atoms with E-state index >= 15 is 0 Å². The van der Waals surface area contributed by atoms with Crippen LogP contribution in [0.25, 0.3) is 0 Å². The van der Waals surface area contributed by atoms with Crippen LogP contribution in [0.3, 0.4) is 0 Å². The Balaban J connectivity index is 2.19. The van der Waals surface area contributed by atoms with E-state index in [1.807, 2.05) is 19.9 Å². The van der Waals surface area contributed by atoms with Crippen molar-refractivity contribution in [3.8, 4) is 0 Å². The number of nitrogens with one attached hydrogen (secondary N) is 2. The van der Waals surface area contributed by atoms with E-state index in [4.69, 9.17) is 0 Å².